The number of hydrogen-bond donors (Lipinski definition) is 2. The number of aliphatic imine (C=N–C) groups is 2. The highest BCUT2D eigenvalue weighted by molar-refractivity contribution is 6.83. The summed E-state index contributed by atoms with van der Waals surface area (Å²) in [6, 6.07) is 0. The summed E-state index contributed by atoms with van der Waals surface area (Å²) in [5, 5.41) is 0.214. The number of amidine groups is 1. The normalized spacial score (nSPS) is 19.7. The van der Waals surface area contributed by atoms with Crippen LogP contribution in [0.3, 0.4) is 0 Å². The van der Waals surface area contributed by atoms with Gasteiger partial charge in [-0.25, -0.2) is 4.99 Å². The van der Waals surface area contributed by atoms with E-state index in [9.17, 15) is 9.59 Å². The van der Waals surface area contributed by atoms with Crippen molar-refractivity contribution in [1.29, 1.82) is 0 Å². The van der Waals surface area contributed by atoms with Crippen molar-refractivity contribution in [3.63, 3.8) is 0 Å². The molecule has 25 heavy (non-hydrogen) atoms. The molecule has 1 amide bonds. The van der Waals surface area contributed by atoms with Gasteiger partial charge in [-0.1, -0.05) is 17.2 Å². The lowest BCUT2D eigenvalue weighted by molar-refractivity contribution is -0.122. The lowest BCUT2D eigenvalue weighted by Crippen LogP contribution is -2.44. The predicted molar refractivity (Wildman–Crippen MR) is 97.5 cm³/mol. The zero-order valence-corrected chi connectivity index (χ0v) is 15.2. The Kier molecular flexibility index (Phi) is 7.33. The highest BCUT2D eigenvalue weighted by Crippen LogP contribution is 2.31. The third-order valence-corrected chi connectivity index (χ3v) is 4.20. The molecular formula is C17H23ClN4O3. The van der Waals surface area contributed by atoms with Gasteiger partial charge in [-0.2, -0.15) is 0 Å². The summed E-state index contributed by atoms with van der Waals surface area (Å²) >= 11 is 6.05. The number of nitrogens with zero attached hydrogens (tertiary/aromatic N) is 2. The van der Waals surface area contributed by atoms with Gasteiger partial charge < -0.3 is 9.53 Å². The van der Waals surface area contributed by atoms with Gasteiger partial charge in [-0.15, -0.1) is 0 Å². The minimum absolute atomic E-state index is 0.0902. The molecule has 2 rings (SSSR count). The molecule has 0 unspecified atom stereocenters. The lowest BCUT2D eigenvalue weighted by Gasteiger charge is -2.15. The van der Waals surface area contributed by atoms with Crippen molar-refractivity contribution in [2.75, 3.05) is 20.3 Å². The molecule has 0 aromatic heterocycles. The van der Waals surface area contributed by atoms with Crippen LogP contribution in [0.25, 0.3) is 0 Å². The fourth-order valence-corrected chi connectivity index (χ4v) is 2.42. The van der Waals surface area contributed by atoms with Crippen molar-refractivity contribution < 1.29 is 14.3 Å². The zero-order chi connectivity index (χ0) is 18.2. The van der Waals surface area contributed by atoms with Gasteiger partial charge in [-0.05, 0) is 37.3 Å². The van der Waals surface area contributed by atoms with Gasteiger partial charge in [-0.3, -0.25) is 20.6 Å². The summed E-state index contributed by atoms with van der Waals surface area (Å²) in [4.78, 5) is 31.1. The molecule has 2 N–H and O–H groups in total. The first-order chi connectivity index (χ1) is 12.0. The second kappa shape index (κ2) is 9.48. The second-order valence-electron chi connectivity index (χ2n) is 6.13. The molecule has 0 atom stereocenters. The van der Waals surface area contributed by atoms with Crippen molar-refractivity contribution in [3.8, 4) is 0 Å². The Hall–Kier alpha value is -1.99. The monoisotopic (exact) mass is 366 g/mol. The van der Waals surface area contributed by atoms with Crippen LogP contribution in [0.1, 0.15) is 32.6 Å². The molecule has 0 spiro atoms. The number of ether oxygens (including phenoxy) is 1. The van der Waals surface area contributed by atoms with E-state index in [0.29, 0.717) is 43.4 Å². The van der Waals surface area contributed by atoms with Crippen LogP contribution in [-0.2, 0) is 14.3 Å². The summed E-state index contributed by atoms with van der Waals surface area (Å²) in [6.45, 7) is 2.57. The fraction of sp³-hybridized carbons (Fsp3) is 0.529. The first-order valence-corrected chi connectivity index (χ1v) is 8.57. The topological polar surface area (TPSA) is 92.2 Å². The quantitative estimate of drug-likeness (QED) is 0.531. The number of hydrogen-bond acceptors (Lipinski definition) is 6. The number of allylic oxidation sites excluding steroid dienone is 1. The van der Waals surface area contributed by atoms with E-state index in [1.807, 2.05) is 13.0 Å². The van der Waals surface area contributed by atoms with E-state index in [0.717, 1.165) is 30.3 Å². The van der Waals surface area contributed by atoms with Crippen molar-refractivity contribution in [2.45, 2.75) is 32.6 Å². The van der Waals surface area contributed by atoms with Gasteiger partial charge in [0, 0.05) is 20.0 Å². The average Bonchev–Trinajstić information content (AvgIpc) is 3.39. The molecule has 1 saturated carbocycles. The lowest BCUT2D eigenvalue weighted by atomic mass is 10.1. The third-order valence-electron chi connectivity index (χ3n) is 3.90. The Balaban J connectivity index is 2.06. The van der Waals surface area contributed by atoms with E-state index in [4.69, 9.17) is 16.3 Å². The van der Waals surface area contributed by atoms with Gasteiger partial charge in [0.15, 0.2) is 11.0 Å². The molecule has 0 aromatic rings. The van der Waals surface area contributed by atoms with E-state index < -0.39 is 0 Å². The molecule has 1 aliphatic heterocycles. The number of aldehydes is 1. The molecule has 0 aromatic carbocycles. The van der Waals surface area contributed by atoms with E-state index in [1.54, 1.807) is 7.11 Å². The van der Waals surface area contributed by atoms with Gasteiger partial charge >= 0.3 is 0 Å². The number of rotatable bonds is 7. The van der Waals surface area contributed by atoms with Crippen LogP contribution in [0.5, 0.6) is 0 Å². The summed E-state index contributed by atoms with van der Waals surface area (Å²) in [7, 11) is 1.59. The summed E-state index contributed by atoms with van der Waals surface area (Å²) in [5.41, 5.74) is 7.79. The highest BCUT2D eigenvalue weighted by atomic mass is 35.5. The largest absolute Gasteiger partial charge is 0.380 e. The Bertz CT molecular complexity index is 648. The standard InChI is InChI=1S/C17H23ClN4O3/c1-11(5-6-23)13(10-25-2)8-14-9-19-16(18)17(20-14)22-21-15(24)7-12-3-4-12/h6,8,12H,3-5,7,9-10H2,1-2H3,(H,20,22)(H,21,24)/b13-11-,14-8+. The Morgan fingerprint density at radius 3 is 2.84 bits per heavy atom. The van der Waals surface area contributed by atoms with E-state index in [-0.39, 0.29) is 11.1 Å². The molecule has 0 radical (unpaired) electrons. The first-order valence-electron chi connectivity index (χ1n) is 8.19. The summed E-state index contributed by atoms with van der Waals surface area (Å²) in [6.07, 6.45) is 5.74. The van der Waals surface area contributed by atoms with Gasteiger partial charge in [0.05, 0.1) is 18.8 Å². The Morgan fingerprint density at radius 1 is 1.44 bits per heavy atom. The molecule has 1 heterocycles. The number of hydrazine groups is 1. The number of carbonyl (C=O) groups is 2. The highest BCUT2D eigenvalue weighted by Gasteiger charge is 2.24. The zero-order valence-electron chi connectivity index (χ0n) is 14.5. The van der Waals surface area contributed by atoms with Gasteiger partial charge in [0.25, 0.3) is 0 Å². The summed E-state index contributed by atoms with van der Waals surface area (Å²) < 4.78 is 5.18. The van der Waals surface area contributed by atoms with Gasteiger partial charge in [0.2, 0.25) is 5.91 Å². The second-order valence-corrected chi connectivity index (χ2v) is 6.49. The number of methoxy groups -OCH3 is 1. The minimum atomic E-state index is -0.0902. The smallest absolute Gasteiger partial charge is 0.238 e. The van der Waals surface area contributed by atoms with E-state index in [1.165, 1.54) is 0 Å². The molecular weight excluding hydrogens is 344 g/mol. The number of nitrogens with one attached hydrogen (secondary N) is 2. The number of carbonyl (C=O) groups excluding carboxylic acids is 2. The van der Waals surface area contributed by atoms with Crippen molar-refractivity contribution in [1.82, 2.24) is 10.9 Å². The van der Waals surface area contributed by atoms with Crippen LogP contribution in [-0.4, -0.2) is 43.5 Å². The van der Waals surface area contributed by atoms with E-state index in [2.05, 4.69) is 20.8 Å². The maximum atomic E-state index is 11.8. The maximum Gasteiger partial charge on any atom is 0.238 e. The summed E-state index contributed by atoms with van der Waals surface area (Å²) in [5.74, 6) is 0.706. The maximum absolute atomic E-state index is 11.8. The molecule has 2 aliphatic rings. The van der Waals surface area contributed by atoms with Crippen LogP contribution in [0.4, 0.5) is 0 Å². The minimum Gasteiger partial charge on any atom is -0.380 e. The molecule has 1 fully saturated rings. The molecule has 8 heteroatoms. The SMILES string of the molecule is COCC(/C=C1\CN=C(Cl)C(NNC(=O)CC2CC2)=N1)=C(/C)CC=O. The third kappa shape index (κ3) is 6.43. The predicted octanol–water partition coefficient (Wildman–Crippen LogP) is 1.89. The van der Waals surface area contributed by atoms with Crippen LogP contribution < -0.4 is 10.9 Å². The van der Waals surface area contributed by atoms with Crippen LogP contribution in [0.2, 0.25) is 0 Å². The van der Waals surface area contributed by atoms with Crippen molar-refractivity contribution in [2.24, 2.45) is 15.9 Å². The molecule has 1 aliphatic carbocycles. The van der Waals surface area contributed by atoms with Crippen LogP contribution in [0, 0.1) is 5.92 Å². The van der Waals surface area contributed by atoms with Crippen LogP contribution >= 0.6 is 11.6 Å². The average molecular weight is 367 g/mol. The molecule has 0 bridgehead atoms. The fourth-order valence-electron chi connectivity index (χ4n) is 2.27. The Morgan fingerprint density at radius 2 is 2.20 bits per heavy atom. The van der Waals surface area contributed by atoms with E-state index >= 15 is 0 Å². The Labute approximate surface area is 152 Å². The number of amides is 1. The van der Waals surface area contributed by atoms with Crippen molar-refractivity contribution in [3.05, 3.63) is 22.9 Å². The first kappa shape index (κ1) is 19.3. The van der Waals surface area contributed by atoms with Gasteiger partial charge in [0.1, 0.15) is 6.29 Å². The molecule has 136 valence electrons. The molecule has 7 nitrogen and oxygen atoms in total. The molecule has 0 saturated heterocycles. The van der Waals surface area contributed by atoms with Crippen LogP contribution in [0.15, 0.2) is 32.9 Å². The number of halogens is 1. The van der Waals surface area contributed by atoms with Crippen molar-refractivity contribution >= 4 is 34.8 Å².